The maximum Gasteiger partial charge on any atom is 0.157 e. The van der Waals surface area contributed by atoms with Gasteiger partial charge in [0, 0.05) is 5.92 Å². The van der Waals surface area contributed by atoms with Crippen molar-refractivity contribution in [3.05, 3.63) is 35.4 Å². The van der Waals surface area contributed by atoms with E-state index in [0.29, 0.717) is 0 Å². The second kappa shape index (κ2) is 4.49. The van der Waals surface area contributed by atoms with Gasteiger partial charge in [0.1, 0.15) is 5.92 Å². The van der Waals surface area contributed by atoms with Gasteiger partial charge in [-0.25, -0.2) is 0 Å². The van der Waals surface area contributed by atoms with Crippen LogP contribution in [0.3, 0.4) is 0 Å². The van der Waals surface area contributed by atoms with Gasteiger partial charge in [-0.15, -0.1) is 0 Å². The molecule has 16 heavy (non-hydrogen) atoms. The van der Waals surface area contributed by atoms with Gasteiger partial charge in [0.25, 0.3) is 0 Å². The molecule has 2 nitrogen and oxygen atoms in total. The van der Waals surface area contributed by atoms with Crippen LogP contribution in [0.1, 0.15) is 36.3 Å². The number of aryl methyl sites for hydroxylation is 1. The minimum absolute atomic E-state index is 0.111. The quantitative estimate of drug-likeness (QED) is 0.774. The third-order valence-electron chi connectivity index (χ3n) is 3.30. The molecule has 0 aliphatic heterocycles. The van der Waals surface area contributed by atoms with Crippen molar-refractivity contribution < 1.29 is 4.79 Å². The van der Waals surface area contributed by atoms with Crippen LogP contribution in [0, 0.1) is 24.2 Å². The Morgan fingerprint density at radius 3 is 2.75 bits per heavy atom. The lowest BCUT2D eigenvalue weighted by atomic mass is 9.76. The van der Waals surface area contributed by atoms with Gasteiger partial charge in [-0.05, 0) is 25.3 Å². The predicted octanol–water partition coefficient (Wildman–Crippen LogP) is 2.97. The van der Waals surface area contributed by atoms with Crippen molar-refractivity contribution in [3.8, 4) is 6.07 Å². The smallest absolute Gasteiger partial charge is 0.157 e. The van der Waals surface area contributed by atoms with Gasteiger partial charge in [-0.2, -0.15) is 5.26 Å². The first kappa shape index (κ1) is 10.9. The van der Waals surface area contributed by atoms with E-state index in [0.717, 1.165) is 30.4 Å². The topological polar surface area (TPSA) is 40.9 Å². The lowest BCUT2D eigenvalue weighted by molar-refractivity contribution is -0.125. The molecule has 0 saturated heterocycles. The van der Waals surface area contributed by atoms with E-state index in [4.69, 9.17) is 5.26 Å². The lowest BCUT2D eigenvalue weighted by Gasteiger charge is -2.25. The molecule has 1 saturated carbocycles. The van der Waals surface area contributed by atoms with E-state index in [9.17, 15) is 4.79 Å². The van der Waals surface area contributed by atoms with Gasteiger partial charge >= 0.3 is 0 Å². The summed E-state index contributed by atoms with van der Waals surface area (Å²) in [6.45, 7) is 1.98. The molecule has 1 atom stereocenters. The zero-order valence-corrected chi connectivity index (χ0v) is 9.44. The number of nitriles is 1. The van der Waals surface area contributed by atoms with Crippen LogP contribution in [0.4, 0.5) is 0 Å². The Kier molecular flexibility index (Phi) is 3.05. The van der Waals surface area contributed by atoms with Crippen molar-refractivity contribution in [3.63, 3.8) is 0 Å². The molecule has 2 heteroatoms. The predicted molar refractivity (Wildman–Crippen MR) is 61.9 cm³/mol. The van der Waals surface area contributed by atoms with Crippen LogP contribution in [0.25, 0.3) is 0 Å². The molecule has 0 heterocycles. The maximum absolute atomic E-state index is 12.0. The second-order valence-electron chi connectivity index (χ2n) is 4.51. The van der Waals surface area contributed by atoms with Crippen LogP contribution >= 0.6 is 0 Å². The number of nitrogens with zero attached hydrogens (tertiary/aromatic N) is 1. The highest BCUT2D eigenvalue weighted by Crippen LogP contribution is 2.32. The summed E-state index contributed by atoms with van der Waals surface area (Å²) in [4.78, 5) is 12.0. The molecule has 2 rings (SSSR count). The average Bonchev–Trinajstić information content (AvgIpc) is 2.16. The van der Waals surface area contributed by atoms with Crippen LogP contribution in [0.5, 0.6) is 0 Å². The van der Waals surface area contributed by atoms with Crippen molar-refractivity contribution in [2.75, 3.05) is 0 Å². The summed E-state index contributed by atoms with van der Waals surface area (Å²) >= 11 is 0. The van der Waals surface area contributed by atoms with Crippen LogP contribution in [-0.2, 0) is 4.79 Å². The van der Waals surface area contributed by atoms with E-state index in [1.165, 1.54) is 0 Å². The molecule has 1 fully saturated rings. The molecule has 1 aliphatic rings. The number of carbonyl (C=O) groups excluding carboxylic acids is 1. The Balaban J connectivity index is 2.22. The van der Waals surface area contributed by atoms with E-state index < -0.39 is 5.92 Å². The number of hydrogen-bond donors (Lipinski definition) is 0. The van der Waals surface area contributed by atoms with E-state index >= 15 is 0 Å². The molecular formula is C14H15NO. The highest BCUT2D eigenvalue weighted by molar-refractivity contribution is 5.90. The van der Waals surface area contributed by atoms with Gasteiger partial charge in [0.15, 0.2) is 5.78 Å². The minimum Gasteiger partial charge on any atom is -0.298 e. The van der Waals surface area contributed by atoms with Gasteiger partial charge < -0.3 is 0 Å². The van der Waals surface area contributed by atoms with Gasteiger partial charge in [0.2, 0.25) is 0 Å². The highest BCUT2D eigenvalue weighted by atomic mass is 16.1. The maximum atomic E-state index is 12.0. The standard InChI is InChI=1S/C14H15NO/c1-10-4-2-7-12(8-10)13(9-15)14(16)11-5-3-6-11/h2,4,7-8,11,13H,3,5-6H2,1H3. The summed E-state index contributed by atoms with van der Waals surface area (Å²) in [5, 5.41) is 9.14. The van der Waals surface area contributed by atoms with Crippen molar-refractivity contribution in [2.45, 2.75) is 32.1 Å². The fraction of sp³-hybridized carbons (Fsp3) is 0.429. The van der Waals surface area contributed by atoms with Crippen molar-refractivity contribution in [1.29, 1.82) is 5.26 Å². The first-order valence-corrected chi connectivity index (χ1v) is 5.72. The Morgan fingerprint density at radius 1 is 1.50 bits per heavy atom. The Labute approximate surface area is 95.9 Å². The van der Waals surface area contributed by atoms with Gasteiger partial charge in [-0.3, -0.25) is 4.79 Å². The number of carbonyl (C=O) groups is 1. The van der Waals surface area contributed by atoms with Crippen LogP contribution in [-0.4, -0.2) is 5.78 Å². The summed E-state index contributed by atoms with van der Waals surface area (Å²) < 4.78 is 0. The highest BCUT2D eigenvalue weighted by Gasteiger charge is 2.31. The SMILES string of the molecule is Cc1cccc(C(C#N)C(=O)C2CCC2)c1. The third kappa shape index (κ3) is 1.99. The second-order valence-corrected chi connectivity index (χ2v) is 4.51. The summed E-state index contributed by atoms with van der Waals surface area (Å²) in [6, 6.07) is 9.84. The normalized spacial score (nSPS) is 17.2. The molecular weight excluding hydrogens is 198 g/mol. The van der Waals surface area contributed by atoms with Crippen molar-refractivity contribution in [1.82, 2.24) is 0 Å². The van der Waals surface area contributed by atoms with Crippen LogP contribution in [0.2, 0.25) is 0 Å². The number of ketones is 1. The number of hydrogen-bond acceptors (Lipinski definition) is 2. The molecule has 1 aromatic rings. The molecule has 0 aromatic heterocycles. The Hall–Kier alpha value is -1.62. The summed E-state index contributed by atoms with van der Waals surface area (Å²) in [6.07, 6.45) is 3.05. The first-order chi connectivity index (χ1) is 7.72. The summed E-state index contributed by atoms with van der Waals surface area (Å²) in [5.74, 6) is -0.324. The Morgan fingerprint density at radius 2 is 2.25 bits per heavy atom. The zero-order valence-electron chi connectivity index (χ0n) is 9.44. The molecule has 82 valence electrons. The Bertz CT molecular complexity index is 440. The largest absolute Gasteiger partial charge is 0.298 e. The molecule has 1 unspecified atom stereocenters. The van der Waals surface area contributed by atoms with Crippen molar-refractivity contribution >= 4 is 5.78 Å². The van der Waals surface area contributed by atoms with Crippen LogP contribution < -0.4 is 0 Å². The van der Waals surface area contributed by atoms with E-state index in [1.54, 1.807) is 0 Å². The number of Topliss-reactive ketones (excluding diaryl/α,β-unsaturated/α-hetero) is 1. The van der Waals surface area contributed by atoms with E-state index in [-0.39, 0.29) is 11.7 Å². The molecule has 0 bridgehead atoms. The van der Waals surface area contributed by atoms with Gasteiger partial charge in [0.05, 0.1) is 6.07 Å². The van der Waals surface area contributed by atoms with E-state index in [1.807, 2.05) is 31.2 Å². The first-order valence-electron chi connectivity index (χ1n) is 5.72. The third-order valence-corrected chi connectivity index (χ3v) is 3.30. The molecule has 0 amide bonds. The van der Waals surface area contributed by atoms with Gasteiger partial charge in [-0.1, -0.05) is 36.2 Å². The number of rotatable bonds is 3. The molecule has 1 aliphatic carbocycles. The molecule has 0 spiro atoms. The zero-order chi connectivity index (χ0) is 11.5. The average molecular weight is 213 g/mol. The monoisotopic (exact) mass is 213 g/mol. The van der Waals surface area contributed by atoms with Crippen LogP contribution in [0.15, 0.2) is 24.3 Å². The summed E-state index contributed by atoms with van der Waals surface area (Å²) in [5.41, 5.74) is 1.94. The fourth-order valence-electron chi connectivity index (χ4n) is 2.08. The lowest BCUT2D eigenvalue weighted by Crippen LogP contribution is -2.26. The summed E-state index contributed by atoms with van der Waals surface area (Å²) in [7, 11) is 0. The van der Waals surface area contributed by atoms with E-state index in [2.05, 4.69) is 6.07 Å². The minimum atomic E-state index is -0.565. The van der Waals surface area contributed by atoms with Crippen molar-refractivity contribution in [2.24, 2.45) is 5.92 Å². The number of benzene rings is 1. The molecule has 0 radical (unpaired) electrons. The fourth-order valence-corrected chi connectivity index (χ4v) is 2.08. The molecule has 1 aromatic carbocycles. The molecule has 0 N–H and O–H groups in total.